The first-order valence-electron chi connectivity index (χ1n) is 10.5. The van der Waals surface area contributed by atoms with E-state index in [-0.39, 0.29) is 5.02 Å². The number of pyridine rings is 2. The summed E-state index contributed by atoms with van der Waals surface area (Å²) in [4.78, 5) is 13.9. The van der Waals surface area contributed by atoms with Gasteiger partial charge in [0.15, 0.2) is 5.82 Å². The van der Waals surface area contributed by atoms with Crippen LogP contribution in [0, 0.1) is 17.1 Å². The first-order chi connectivity index (χ1) is 16.6. The molecule has 0 atom stereocenters. The molecule has 0 amide bonds. The zero-order valence-electron chi connectivity index (χ0n) is 17.6. The number of aromatic nitrogens is 5. The van der Waals surface area contributed by atoms with Gasteiger partial charge in [-0.1, -0.05) is 23.7 Å². The molecule has 0 unspecified atom stereocenters. The van der Waals surface area contributed by atoms with Gasteiger partial charge in [0.2, 0.25) is 0 Å². The highest BCUT2D eigenvalue weighted by atomic mass is 35.5. The van der Waals surface area contributed by atoms with Crippen molar-refractivity contribution in [3.63, 3.8) is 0 Å². The summed E-state index contributed by atoms with van der Waals surface area (Å²) in [6.07, 6.45) is 5.51. The van der Waals surface area contributed by atoms with Crippen molar-refractivity contribution in [1.82, 2.24) is 25.1 Å². The quantitative estimate of drug-likeness (QED) is 0.379. The van der Waals surface area contributed by atoms with Crippen LogP contribution in [0.25, 0.3) is 33.5 Å². The van der Waals surface area contributed by atoms with Gasteiger partial charge in [-0.15, -0.1) is 10.2 Å². The van der Waals surface area contributed by atoms with Gasteiger partial charge in [0.25, 0.3) is 0 Å². The zero-order valence-corrected chi connectivity index (χ0v) is 18.4. The third-order valence-corrected chi connectivity index (χ3v) is 6.29. The minimum atomic E-state index is -0.439. The average Bonchev–Trinajstić information content (AvgIpc) is 3.54. The molecule has 2 aromatic carbocycles. The van der Waals surface area contributed by atoms with E-state index in [0.717, 1.165) is 39.0 Å². The summed E-state index contributed by atoms with van der Waals surface area (Å²) in [6.45, 7) is 0.612. The van der Waals surface area contributed by atoms with Gasteiger partial charge in [-0.3, -0.25) is 9.97 Å². The van der Waals surface area contributed by atoms with Crippen molar-refractivity contribution in [3.8, 4) is 28.7 Å². The first kappa shape index (κ1) is 20.3. The number of nitrogens with zero attached hydrogens (tertiary/aromatic N) is 6. The summed E-state index contributed by atoms with van der Waals surface area (Å²) in [6, 6.07) is 15.1. The lowest BCUT2D eigenvalue weighted by atomic mass is 10.0. The van der Waals surface area contributed by atoms with Gasteiger partial charge in [0.05, 0.1) is 21.8 Å². The summed E-state index contributed by atoms with van der Waals surface area (Å²) >= 11 is 6.10. The van der Waals surface area contributed by atoms with Crippen molar-refractivity contribution in [3.05, 3.63) is 83.2 Å². The minimum Gasteiger partial charge on any atom is -0.339 e. The number of nitriles is 1. The number of hydrogen-bond donors (Lipinski definition) is 1. The second-order valence-electron chi connectivity index (χ2n) is 7.93. The molecule has 1 N–H and O–H groups in total. The molecule has 164 valence electrons. The van der Waals surface area contributed by atoms with Gasteiger partial charge in [-0.2, -0.15) is 5.26 Å². The maximum atomic E-state index is 14.0. The SMILES string of the molecule is N#Cc1cnc2ccc(-c3ccc(-c4nnc[nH]4)nc3)cc2c1N1CCc2cc(F)c(Cl)cc21. The number of hydrogen-bond acceptors (Lipinski definition) is 6. The van der Waals surface area contributed by atoms with Crippen LogP contribution in [0.1, 0.15) is 11.1 Å². The van der Waals surface area contributed by atoms with Gasteiger partial charge in [-0.25, -0.2) is 4.39 Å². The summed E-state index contributed by atoms with van der Waals surface area (Å²) in [5.74, 6) is 0.156. The van der Waals surface area contributed by atoms with E-state index in [2.05, 4.69) is 31.2 Å². The highest BCUT2D eigenvalue weighted by molar-refractivity contribution is 6.31. The summed E-state index contributed by atoms with van der Waals surface area (Å²) < 4.78 is 14.0. The lowest BCUT2D eigenvalue weighted by molar-refractivity contribution is 0.627. The third kappa shape index (κ3) is 3.26. The Morgan fingerprint density at radius 2 is 1.94 bits per heavy atom. The number of fused-ring (bicyclic) bond motifs is 2. The lowest BCUT2D eigenvalue weighted by Crippen LogP contribution is -2.15. The fraction of sp³-hybridized carbons (Fsp3) is 0.0800. The summed E-state index contributed by atoms with van der Waals surface area (Å²) in [5, 5.41) is 18.5. The lowest BCUT2D eigenvalue weighted by Gasteiger charge is -2.23. The minimum absolute atomic E-state index is 0.0566. The van der Waals surface area contributed by atoms with E-state index in [1.54, 1.807) is 18.5 Å². The average molecular weight is 468 g/mol. The Morgan fingerprint density at radius 3 is 2.71 bits per heavy atom. The molecular weight excluding hydrogens is 453 g/mol. The van der Waals surface area contributed by atoms with Crippen molar-refractivity contribution >= 4 is 33.9 Å². The predicted octanol–water partition coefficient (Wildman–Crippen LogP) is 5.44. The van der Waals surface area contributed by atoms with E-state index in [9.17, 15) is 9.65 Å². The summed E-state index contributed by atoms with van der Waals surface area (Å²) in [7, 11) is 0. The van der Waals surface area contributed by atoms with Gasteiger partial charge in [-0.05, 0) is 47.9 Å². The monoisotopic (exact) mass is 467 g/mol. The van der Waals surface area contributed by atoms with Crippen LogP contribution >= 0.6 is 11.6 Å². The molecule has 6 rings (SSSR count). The van der Waals surface area contributed by atoms with Crippen molar-refractivity contribution in [2.75, 3.05) is 11.4 Å². The summed E-state index contributed by atoms with van der Waals surface area (Å²) in [5.41, 5.74) is 6.13. The van der Waals surface area contributed by atoms with Crippen molar-refractivity contribution in [1.29, 1.82) is 5.26 Å². The molecule has 7 nitrogen and oxygen atoms in total. The molecule has 4 heterocycles. The predicted molar refractivity (Wildman–Crippen MR) is 127 cm³/mol. The number of halogens is 2. The van der Waals surface area contributed by atoms with Crippen LogP contribution in [0.3, 0.4) is 0 Å². The van der Waals surface area contributed by atoms with E-state index in [0.29, 0.717) is 30.0 Å². The Morgan fingerprint density at radius 1 is 1.06 bits per heavy atom. The van der Waals surface area contributed by atoms with Crippen molar-refractivity contribution in [2.45, 2.75) is 6.42 Å². The molecule has 1 aliphatic heterocycles. The smallest absolute Gasteiger partial charge is 0.179 e. The fourth-order valence-corrected chi connectivity index (χ4v) is 4.54. The van der Waals surface area contributed by atoms with E-state index in [1.165, 1.54) is 12.4 Å². The number of anilines is 2. The van der Waals surface area contributed by atoms with Crippen LogP contribution < -0.4 is 4.90 Å². The van der Waals surface area contributed by atoms with Crippen molar-refractivity contribution < 1.29 is 4.39 Å². The molecule has 0 saturated carbocycles. The molecule has 0 bridgehead atoms. The molecule has 0 saturated heterocycles. The highest BCUT2D eigenvalue weighted by Crippen LogP contribution is 2.42. The number of aromatic amines is 1. The number of rotatable bonds is 3. The van der Waals surface area contributed by atoms with Crippen LogP contribution in [0.2, 0.25) is 5.02 Å². The highest BCUT2D eigenvalue weighted by Gasteiger charge is 2.26. The number of nitrogens with one attached hydrogen (secondary N) is 1. The molecule has 9 heteroatoms. The van der Waals surface area contributed by atoms with Crippen LogP contribution in [-0.4, -0.2) is 31.7 Å². The molecule has 0 spiro atoms. The van der Waals surface area contributed by atoms with Gasteiger partial charge in [0.1, 0.15) is 23.9 Å². The van der Waals surface area contributed by atoms with Gasteiger partial charge >= 0.3 is 0 Å². The topological polar surface area (TPSA) is 94.4 Å². The van der Waals surface area contributed by atoms with Crippen LogP contribution in [0.4, 0.5) is 15.8 Å². The number of benzene rings is 2. The zero-order chi connectivity index (χ0) is 23.2. The Balaban J connectivity index is 1.49. The van der Waals surface area contributed by atoms with Crippen molar-refractivity contribution in [2.24, 2.45) is 0 Å². The molecule has 0 radical (unpaired) electrons. The molecular formula is C25H15ClFN7. The molecule has 34 heavy (non-hydrogen) atoms. The maximum absolute atomic E-state index is 14.0. The molecule has 0 fully saturated rings. The number of H-pyrrole nitrogens is 1. The van der Waals surface area contributed by atoms with E-state index >= 15 is 0 Å². The fourth-order valence-electron chi connectivity index (χ4n) is 4.38. The van der Waals surface area contributed by atoms with E-state index < -0.39 is 5.82 Å². The van der Waals surface area contributed by atoms with Gasteiger partial charge < -0.3 is 9.88 Å². The second-order valence-corrected chi connectivity index (χ2v) is 8.34. The van der Waals surface area contributed by atoms with E-state index in [1.807, 2.05) is 35.2 Å². The van der Waals surface area contributed by atoms with Crippen LogP contribution in [-0.2, 0) is 6.42 Å². The van der Waals surface area contributed by atoms with Crippen LogP contribution in [0.5, 0.6) is 0 Å². The first-order valence-corrected chi connectivity index (χ1v) is 10.9. The molecule has 1 aliphatic rings. The Hall–Kier alpha value is -4.35. The van der Waals surface area contributed by atoms with Crippen LogP contribution in [0.15, 0.2) is 61.2 Å². The normalized spacial score (nSPS) is 12.7. The largest absolute Gasteiger partial charge is 0.339 e. The molecule has 0 aliphatic carbocycles. The Labute approximate surface area is 198 Å². The third-order valence-electron chi connectivity index (χ3n) is 6.00. The van der Waals surface area contributed by atoms with Gasteiger partial charge in [0, 0.05) is 35.6 Å². The standard InChI is InChI=1S/C25H15ClFN7/c26-19-9-23-15(8-20(19)27)5-6-34(23)24-17(10-28)12-29-21-3-1-14(7-18(21)24)16-2-4-22(30-11-16)25-31-13-32-33-25/h1-4,7-9,11-13H,5-6H2,(H,31,32,33). The maximum Gasteiger partial charge on any atom is 0.179 e. The molecule has 5 aromatic rings. The Kier molecular flexibility index (Phi) is 4.71. The Bertz CT molecular complexity index is 1590. The second kappa shape index (κ2) is 7.90. The molecule has 3 aromatic heterocycles. The van der Waals surface area contributed by atoms with E-state index in [4.69, 9.17) is 11.6 Å².